The highest BCUT2D eigenvalue weighted by atomic mass is 32.1. The number of nitrogens with one attached hydrogen (secondary N) is 1. The van der Waals surface area contributed by atoms with Crippen molar-refractivity contribution in [3.8, 4) is 11.4 Å². The summed E-state index contributed by atoms with van der Waals surface area (Å²) in [5.74, 6) is 0.396. The van der Waals surface area contributed by atoms with E-state index in [0.29, 0.717) is 23.7 Å². The molecule has 1 aliphatic rings. The summed E-state index contributed by atoms with van der Waals surface area (Å²) >= 11 is 1.53. The molecule has 0 saturated carbocycles. The Balaban J connectivity index is 1.40. The number of para-hydroxylation sites is 2. The lowest BCUT2D eigenvalue weighted by Crippen LogP contribution is -2.15. The number of nitrogens with zero attached hydrogens (tertiary/aromatic N) is 3. The van der Waals surface area contributed by atoms with Gasteiger partial charge in [0.05, 0.1) is 22.6 Å². The first-order valence-corrected chi connectivity index (χ1v) is 11.2. The van der Waals surface area contributed by atoms with Gasteiger partial charge in [0.15, 0.2) is 5.69 Å². The van der Waals surface area contributed by atoms with Crippen molar-refractivity contribution in [2.24, 2.45) is 0 Å². The van der Waals surface area contributed by atoms with Crippen LogP contribution in [0.2, 0.25) is 0 Å². The number of carbonyl (C=O) groups is 1. The molecular formula is C24H22N4O2S. The van der Waals surface area contributed by atoms with E-state index >= 15 is 0 Å². The molecule has 4 aromatic rings. The number of rotatable bonds is 6. The van der Waals surface area contributed by atoms with Crippen LogP contribution in [0.5, 0.6) is 5.75 Å². The van der Waals surface area contributed by atoms with Gasteiger partial charge in [0.1, 0.15) is 12.4 Å². The Hall–Kier alpha value is -3.45. The van der Waals surface area contributed by atoms with Crippen molar-refractivity contribution in [2.45, 2.75) is 32.8 Å². The Bertz CT molecular complexity index is 1210. The van der Waals surface area contributed by atoms with Crippen LogP contribution in [0.3, 0.4) is 0 Å². The molecular weight excluding hydrogens is 408 g/mol. The van der Waals surface area contributed by atoms with Crippen LogP contribution in [0, 0.1) is 6.92 Å². The molecule has 31 heavy (non-hydrogen) atoms. The highest BCUT2D eigenvalue weighted by Crippen LogP contribution is 2.30. The number of anilines is 1. The molecule has 0 fully saturated rings. The van der Waals surface area contributed by atoms with Crippen LogP contribution >= 0.6 is 11.3 Å². The van der Waals surface area contributed by atoms with E-state index in [9.17, 15) is 4.79 Å². The third-order valence-corrected chi connectivity index (χ3v) is 6.05. The highest BCUT2D eigenvalue weighted by Gasteiger charge is 2.27. The van der Waals surface area contributed by atoms with Crippen LogP contribution in [0.25, 0.3) is 5.69 Å². The summed E-state index contributed by atoms with van der Waals surface area (Å²) in [7, 11) is 0. The Labute approximate surface area is 184 Å². The zero-order valence-electron chi connectivity index (χ0n) is 17.2. The third kappa shape index (κ3) is 3.96. The lowest BCUT2D eigenvalue weighted by molar-refractivity contribution is 0.102. The lowest BCUT2D eigenvalue weighted by Gasteiger charge is -2.11. The average molecular weight is 431 g/mol. The van der Waals surface area contributed by atoms with E-state index < -0.39 is 0 Å². The van der Waals surface area contributed by atoms with Gasteiger partial charge in [0.2, 0.25) is 0 Å². The van der Waals surface area contributed by atoms with E-state index in [0.717, 1.165) is 41.9 Å². The predicted octanol–water partition coefficient (Wildman–Crippen LogP) is 4.96. The van der Waals surface area contributed by atoms with Crippen molar-refractivity contribution < 1.29 is 9.53 Å². The summed E-state index contributed by atoms with van der Waals surface area (Å²) in [5.41, 5.74) is 8.09. The van der Waals surface area contributed by atoms with Gasteiger partial charge in [0.25, 0.3) is 5.91 Å². The van der Waals surface area contributed by atoms with Gasteiger partial charge in [0, 0.05) is 16.6 Å². The van der Waals surface area contributed by atoms with Crippen molar-refractivity contribution in [1.29, 1.82) is 0 Å². The third-order valence-electron chi connectivity index (χ3n) is 5.42. The summed E-state index contributed by atoms with van der Waals surface area (Å²) in [6.45, 7) is 2.41. The van der Waals surface area contributed by atoms with E-state index in [4.69, 9.17) is 9.84 Å². The van der Waals surface area contributed by atoms with Crippen molar-refractivity contribution in [3.63, 3.8) is 0 Å². The maximum atomic E-state index is 13.2. The fourth-order valence-electron chi connectivity index (χ4n) is 3.86. The minimum absolute atomic E-state index is 0.214. The first-order chi connectivity index (χ1) is 15.2. The monoisotopic (exact) mass is 430 g/mol. The molecule has 0 radical (unpaired) electrons. The standard InChI is InChI=1S/C24H22N4O2S/c1-16-9-11-18(12-10-16)28-21-7-4-5-19(21)23(27-28)24(29)26-20-6-2-3-8-22(20)30-13-17-14-31-15-25-17/h2-3,6,8-12,14-15H,4-5,7,13H2,1H3,(H,26,29). The number of hydrogen-bond acceptors (Lipinski definition) is 5. The quantitative estimate of drug-likeness (QED) is 0.470. The van der Waals surface area contributed by atoms with E-state index in [-0.39, 0.29) is 5.91 Å². The molecule has 2 aromatic carbocycles. The van der Waals surface area contributed by atoms with Gasteiger partial charge in [-0.3, -0.25) is 4.79 Å². The lowest BCUT2D eigenvalue weighted by atomic mass is 10.2. The van der Waals surface area contributed by atoms with Gasteiger partial charge in [-0.1, -0.05) is 29.8 Å². The van der Waals surface area contributed by atoms with E-state index in [1.807, 2.05) is 46.5 Å². The SMILES string of the molecule is Cc1ccc(-n2nc(C(=O)Nc3ccccc3OCc3cscn3)c3c2CCC3)cc1. The van der Waals surface area contributed by atoms with Gasteiger partial charge >= 0.3 is 0 Å². The minimum atomic E-state index is -0.214. The van der Waals surface area contributed by atoms with Gasteiger partial charge in [-0.25, -0.2) is 9.67 Å². The number of fused-ring (bicyclic) bond motifs is 1. The smallest absolute Gasteiger partial charge is 0.276 e. The van der Waals surface area contributed by atoms with E-state index in [1.165, 1.54) is 16.9 Å². The summed E-state index contributed by atoms with van der Waals surface area (Å²) in [5, 5.41) is 9.65. The summed E-state index contributed by atoms with van der Waals surface area (Å²) in [6.07, 6.45) is 2.83. The van der Waals surface area contributed by atoms with Crippen molar-refractivity contribution in [3.05, 3.63) is 87.6 Å². The van der Waals surface area contributed by atoms with Crippen LogP contribution < -0.4 is 10.1 Å². The van der Waals surface area contributed by atoms with Crippen molar-refractivity contribution in [1.82, 2.24) is 14.8 Å². The molecule has 2 aromatic heterocycles. The molecule has 1 N–H and O–H groups in total. The zero-order chi connectivity index (χ0) is 21.2. The summed E-state index contributed by atoms with van der Waals surface area (Å²) < 4.78 is 7.82. The number of aromatic nitrogens is 3. The molecule has 0 unspecified atom stereocenters. The molecule has 0 bridgehead atoms. The maximum Gasteiger partial charge on any atom is 0.276 e. The normalized spacial score (nSPS) is 12.5. The van der Waals surface area contributed by atoms with Gasteiger partial charge in [-0.15, -0.1) is 11.3 Å². The fourth-order valence-corrected chi connectivity index (χ4v) is 4.40. The zero-order valence-corrected chi connectivity index (χ0v) is 18.0. The van der Waals surface area contributed by atoms with Crippen LogP contribution in [-0.2, 0) is 19.4 Å². The van der Waals surface area contributed by atoms with E-state index in [2.05, 4.69) is 29.4 Å². The first-order valence-electron chi connectivity index (χ1n) is 10.3. The van der Waals surface area contributed by atoms with Crippen LogP contribution in [-0.4, -0.2) is 20.7 Å². The number of hydrogen-bond donors (Lipinski definition) is 1. The molecule has 5 rings (SSSR count). The van der Waals surface area contributed by atoms with Crippen LogP contribution in [0.4, 0.5) is 5.69 Å². The molecule has 0 spiro atoms. The average Bonchev–Trinajstić information content (AvgIpc) is 3.52. The van der Waals surface area contributed by atoms with Gasteiger partial charge < -0.3 is 10.1 Å². The molecule has 1 amide bonds. The number of aryl methyl sites for hydroxylation is 1. The van der Waals surface area contributed by atoms with Crippen LogP contribution in [0.15, 0.2) is 59.4 Å². The molecule has 6 nitrogen and oxygen atoms in total. The summed E-state index contributed by atoms with van der Waals surface area (Å²) in [6, 6.07) is 15.7. The Morgan fingerprint density at radius 1 is 1.16 bits per heavy atom. The Morgan fingerprint density at radius 3 is 2.81 bits per heavy atom. The molecule has 0 atom stereocenters. The van der Waals surface area contributed by atoms with Gasteiger partial charge in [-0.05, 0) is 50.5 Å². The molecule has 2 heterocycles. The molecule has 0 saturated heterocycles. The Kier molecular flexibility index (Phi) is 5.26. The second-order valence-electron chi connectivity index (χ2n) is 7.59. The second-order valence-corrected chi connectivity index (χ2v) is 8.31. The number of ether oxygens (including phenoxy) is 1. The van der Waals surface area contributed by atoms with Gasteiger partial charge in [-0.2, -0.15) is 5.10 Å². The highest BCUT2D eigenvalue weighted by molar-refractivity contribution is 7.07. The minimum Gasteiger partial charge on any atom is -0.485 e. The largest absolute Gasteiger partial charge is 0.485 e. The topological polar surface area (TPSA) is 69.0 Å². The second kappa shape index (κ2) is 8.35. The number of amides is 1. The van der Waals surface area contributed by atoms with E-state index in [1.54, 1.807) is 5.51 Å². The summed E-state index contributed by atoms with van der Waals surface area (Å²) in [4.78, 5) is 17.4. The molecule has 156 valence electrons. The van der Waals surface area contributed by atoms with Crippen molar-refractivity contribution in [2.75, 3.05) is 5.32 Å². The molecule has 0 aliphatic heterocycles. The molecule has 1 aliphatic carbocycles. The Morgan fingerprint density at radius 2 is 2.00 bits per heavy atom. The van der Waals surface area contributed by atoms with Crippen LogP contribution in [0.1, 0.15) is 39.4 Å². The number of thiazole rings is 1. The maximum absolute atomic E-state index is 13.2. The predicted molar refractivity (Wildman–Crippen MR) is 121 cm³/mol. The number of carbonyl (C=O) groups excluding carboxylic acids is 1. The fraction of sp³-hybridized carbons (Fsp3) is 0.208. The first kappa shape index (κ1) is 19.5. The molecule has 7 heteroatoms. The van der Waals surface area contributed by atoms with Crippen molar-refractivity contribution >= 4 is 22.9 Å². The number of benzene rings is 2.